The van der Waals surface area contributed by atoms with Crippen molar-refractivity contribution in [1.82, 2.24) is 4.90 Å². The van der Waals surface area contributed by atoms with Gasteiger partial charge in [-0.1, -0.05) is 34.6 Å². The molecule has 0 N–H and O–H groups in total. The Balaban J connectivity index is 0. The van der Waals surface area contributed by atoms with E-state index in [1.54, 1.807) is 7.11 Å². The van der Waals surface area contributed by atoms with Crippen LogP contribution in [0.3, 0.4) is 0 Å². The Morgan fingerprint density at radius 3 is 1.88 bits per heavy atom. The second-order valence-electron chi connectivity index (χ2n) is 4.18. The van der Waals surface area contributed by atoms with Crippen molar-refractivity contribution in [1.29, 1.82) is 0 Å². The van der Waals surface area contributed by atoms with E-state index in [2.05, 4.69) is 32.8 Å². The van der Waals surface area contributed by atoms with Crippen molar-refractivity contribution in [3.05, 3.63) is 0 Å². The highest BCUT2D eigenvalue weighted by molar-refractivity contribution is 4.82. The number of nitrogens with zero attached hydrogens (tertiary/aromatic N) is 1. The highest BCUT2D eigenvalue weighted by Crippen LogP contribution is 2.27. The van der Waals surface area contributed by atoms with Crippen LogP contribution in [-0.2, 0) is 9.47 Å². The van der Waals surface area contributed by atoms with E-state index in [4.69, 9.17) is 9.47 Å². The fourth-order valence-electron chi connectivity index (χ4n) is 2.10. The molecule has 0 spiro atoms. The Morgan fingerprint density at radius 1 is 1.06 bits per heavy atom. The van der Waals surface area contributed by atoms with Gasteiger partial charge in [-0.3, -0.25) is 0 Å². The summed E-state index contributed by atoms with van der Waals surface area (Å²) in [5.41, 5.74) is 0. The van der Waals surface area contributed by atoms with Crippen molar-refractivity contribution in [2.75, 3.05) is 21.2 Å². The molecule has 1 aliphatic heterocycles. The average molecular weight is 247 g/mol. The molecule has 17 heavy (non-hydrogen) atoms. The molecular formula is C14H33NO2. The molecule has 0 bridgehead atoms. The third-order valence-corrected chi connectivity index (χ3v) is 2.87. The molecule has 1 aliphatic rings. The predicted octanol–water partition coefficient (Wildman–Crippen LogP) is 3.39. The van der Waals surface area contributed by atoms with Crippen molar-refractivity contribution < 1.29 is 9.47 Å². The van der Waals surface area contributed by atoms with Gasteiger partial charge in [0.15, 0.2) is 6.29 Å². The molecule has 1 rings (SSSR count). The quantitative estimate of drug-likeness (QED) is 0.746. The third-order valence-electron chi connectivity index (χ3n) is 2.87. The van der Waals surface area contributed by atoms with Crippen LogP contribution in [0.15, 0.2) is 0 Å². The van der Waals surface area contributed by atoms with Crippen LogP contribution in [0.5, 0.6) is 0 Å². The summed E-state index contributed by atoms with van der Waals surface area (Å²) in [6, 6.07) is 0.564. The van der Waals surface area contributed by atoms with E-state index in [1.165, 1.54) is 0 Å². The lowest BCUT2D eigenvalue weighted by Gasteiger charge is -2.41. The van der Waals surface area contributed by atoms with Gasteiger partial charge < -0.3 is 14.4 Å². The Bertz CT molecular complexity index is 162. The summed E-state index contributed by atoms with van der Waals surface area (Å²) in [4.78, 5) is 2.26. The van der Waals surface area contributed by atoms with Crippen LogP contribution in [0, 0.1) is 5.92 Å². The van der Waals surface area contributed by atoms with E-state index < -0.39 is 0 Å². The third kappa shape index (κ3) is 6.39. The number of ether oxygens (including phenoxy) is 2. The maximum atomic E-state index is 5.68. The molecule has 0 aromatic carbocycles. The van der Waals surface area contributed by atoms with E-state index in [9.17, 15) is 0 Å². The maximum absolute atomic E-state index is 5.68. The largest absolute Gasteiger partial charge is 0.356 e. The molecule has 3 heteroatoms. The number of hydrogen-bond donors (Lipinski definition) is 0. The minimum Gasteiger partial charge on any atom is -0.356 e. The topological polar surface area (TPSA) is 21.7 Å². The molecule has 1 saturated heterocycles. The summed E-state index contributed by atoms with van der Waals surface area (Å²) >= 11 is 0. The van der Waals surface area contributed by atoms with Crippen LogP contribution in [0.2, 0.25) is 0 Å². The minimum absolute atomic E-state index is 0.0452. The van der Waals surface area contributed by atoms with Gasteiger partial charge in [0.05, 0.1) is 6.10 Å². The standard InChI is InChI=1S/C10H21NO2.2C2H6/c1-7-6-9(11(3)4)8(2)10(12-5)13-7;2*1-2/h7-10H,6H2,1-5H3;2*1-2H3/t7?,8-,9+,10-;;/m1../s1. The van der Waals surface area contributed by atoms with Gasteiger partial charge in [0.2, 0.25) is 0 Å². The van der Waals surface area contributed by atoms with Crippen LogP contribution < -0.4 is 0 Å². The first-order valence-electron chi connectivity index (χ1n) is 6.91. The van der Waals surface area contributed by atoms with E-state index in [-0.39, 0.29) is 6.29 Å². The second kappa shape index (κ2) is 11.0. The van der Waals surface area contributed by atoms with Crippen LogP contribution in [0.1, 0.15) is 48.0 Å². The first-order chi connectivity index (χ1) is 8.06. The molecule has 1 unspecified atom stereocenters. The van der Waals surface area contributed by atoms with E-state index in [0.29, 0.717) is 18.1 Å². The van der Waals surface area contributed by atoms with Crippen molar-refractivity contribution in [3.63, 3.8) is 0 Å². The lowest BCUT2D eigenvalue weighted by atomic mass is 9.92. The summed E-state index contributed by atoms with van der Waals surface area (Å²) in [7, 11) is 5.95. The maximum Gasteiger partial charge on any atom is 0.161 e. The van der Waals surface area contributed by atoms with Gasteiger partial charge in [-0.25, -0.2) is 0 Å². The highest BCUT2D eigenvalue weighted by atomic mass is 16.7. The molecule has 0 radical (unpaired) electrons. The van der Waals surface area contributed by atoms with Gasteiger partial charge in [0, 0.05) is 19.1 Å². The zero-order chi connectivity index (χ0) is 14.0. The number of rotatable bonds is 2. The molecule has 1 heterocycles. The lowest BCUT2D eigenvalue weighted by molar-refractivity contribution is -0.217. The van der Waals surface area contributed by atoms with Crippen molar-refractivity contribution >= 4 is 0 Å². The van der Waals surface area contributed by atoms with Crippen LogP contribution in [0.4, 0.5) is 0 Å². The van der Waals surface area contributed by atoms with Gasteiger partial charge in [0.1, 0.15) is 0 Å². The molecule has 0 aromatic heterocycles. The Morgan fingerprint density at radius 2 is 1.53 bits per heavy atom. The van der Waals surface area contributed by atoms with Crippen molar-refractivity contribution in [3.8, 4) is 0 Å². The van der Waals surface area contributed by atoms with E-state index in [0.717, 1.165) is 6.42 Å². The second-order valence-corrected chi connectivity index (χ2v) is 4.18. The predicted molar refractivity (Wildman–Crippen MR) is 75.3 cm³/mol. The zero-order valence-electron chi connectivity index (χ0n) is 13.3. The van der Waals surface area contributed by atoms with E-state index in [1.807, 2.05) is 27.7 Å². The Hall–Kier alpha value is -0.120. The molecule has 0 aliphatic carbocycles. The summed E-state index contributed by atoms with van der Waals surface area (Å²) < 4.78 is 11.0. The first-order valence-corrected chi connectivity index (χ1v) is 6.91. The van der Waals surface area contributed by atoms with Crippen LogP contribution in [0.25, 0.3) is 0 Å². The molecule has 1 fully saturated rings. The van der Waals surface area contributed by atoms with Gasteiger partial charge in [0.25, 0.3) is 0 Å². The molecule has 3 nitrogen and oxygen atoms in total. The molecular weight excluding hydrogens is 214 g/mol. The fraction of sp³-hybridized carbons (Fsp3) is 1.00. The summed E-state index contributed by atoms with van der Waals surface area (Å²) in [5.74, 6) is 0.441. The summed E-state index contributed by atoms with van der Waals surface area (Å²) in [6.45, 7) is 12.3. The first kappa shape index (κ1) is 19.2. The summed E-state index contributed by atoms with van der Waals surface area (Å²) in [6.07, 6.45) is 1.35. The molecule has 0 amide bonds. The van der Waals surface area contributed by atoms with Gasteiger partial charge in [-0.2, -0.15) is 0 Å². The van der Waals surface area contributed by atoms with E-state index >= 15 is 0 Å². The molecule has 106 valence electrons. The van der Waals surface area contributed by atoms with Crippen molar-refractivity contribution in [2.45, 2.75) is 66.4 Å². The Labute approximate surface area is 108 Å². The zero-order valence-corrected chi connectivity index (χ0v) is 13.3. The molecule has 0 saturated carbocycles. The number of hydrogen-bond acceptors (Lipinski definition) is 3. The van der Waals surface area contributed by atoms with Gasteiger partial charge >= 0.3 is 0 Å². The fourth-order valence-corrected chi connectivity index (χ4v) is 2.10. The Kier molecular flexibility index (Phi) is 12.4. The lowest BCUT2D eigenvalue weighted by Crippen LogP contribution is -2.48. The van der Waals surface area contributed by atoms with Gasteiger partial charge in [-0.15, -0.1) is 0 Å². The normalized spacial score (nSPS) is 32.1. The highest BCUT2D eigenvalue weighted by Gasteiger charge is 2.35. The molecule has 4 atom stereocenters. The molecule has 0 aromatic rings. The smallest absolute Gasteiger partial charge is 0.161 e. The van der Waals surface area contributed by atoms with Crippen LogP contribution >= 0.6 is 0 Å². The SMILES string of the molecule is CC.CC.CO[C@@H]1OC(C)C[C@H](N(C)C)[C@H]1C. The van der Waals surface area contributed by atoms with Crippen LogP contribution in [-0.4, -0.2) is 44.5 Å². The minimum atomic E-state index is -0.0452. The van der Waals surface area contributed by atoms with Gasteiger partial charge in [-0.05, 0) is 27.4 Å². The monoisotopic (exact) mass is 247 g/mol. The number of methoxy groups -OCH3 is 1. The average Bonchev–Trinajstić information content (AvgIpc) is 2.36. The summed E-state index contributed by atoms with van der Waals surface area (Å²) in [5, 5.41) is 0. The van der Waals surface area contributed by atoms with Crippen molar-refractivity contribution in [2.24, 2.45) is 5.92 Å².